The lowest BCUT2D eigenvalue weighted by Crippen LogP contribution is -2.38. The highest BCUT2D eigenvalue weighted by molar-refractivity contribution is 6.30. The van der Waals surface area contributed by atoms with Gasteiger partial charge in [-0.2, -0.15) is 0 Å². The third kappa shape index (κ3) is 5.81. The molecule has 0 radical (unpaired) electrons. The summed E-state index contributed by atoms with van der Waals surface area (Å²) < 4.78 is 0. The van der Waals surface area contributed by atoms with Crippen molar-refractivity contribution >= 4 is 23.4 Å². The highest BCUT2D eigenvalue weighted by Crippen LogP contribution is 2.24. The minimum absolute atomic E-state index is 0.0588. The van der Waals surface area contributed by atoms with Crippen molar-refractivity contribution in [3.05, 3.63) is 70.7 Å². The fourth-order valence-corrected chi connectivity index (χ4v) is 3.60. The Bertz CT molecular complexity index is 774. The van der Waals surface area contributed by atoms with Gasteiger partial charge >= 0.3 is 0 Å². The molecular weight excluding hydrogens is 374 g/mol. The number of nitrogens with one attached hydrogen (secondary N) is 2. The van der Waals surface area contributed by atoms with Gasteiger partial charge < -0.3 is 10.6 Å². The standard InChI is InChI=1S/C22H26ClN3O2/c23-19-10-8-18(9-11-19)22(28)24-13-12-21(27)25-16-20(26-14-4-5-15-26)17-6-2-1-3-7-17/h1-3,6-11,20H,4-5,12-16H2,(H,24,28)(H,25,27). The lowest BCUT2D eigenvalue weighted by molar-refractivity contribution is -0.121. The second-order valence-corrected chi connectivity index (χ2v) is 7.42. The van der Waals surface area contributed by atoms with Gasteiger partial charge in [-0.05, 0) is 55.8 Å². The largest absolute Gasteiger partial charge is 0.354 e. The van der Waals surface area contributed by atoms with E-state index in [9.17, 15) is 9.59 Å². The molecule has 1 fully saturated rings. The normalized spacial score (nSPS) is 15.2. The lowest BCUT2D eigenvalue weighted by atomic mass is 10.1. The lowest BCUT2D eigenvalue weighted by Gasteiger charge is -2.28. The summed E-state index contributed by atoms with van der Waals surface area (Å²) >= 11 is 5.83. The molecule has 2 N–H and O–H groups in total. The molecule has 1 atom stereocenters. The third-order valence-electron chi connectivity index (χ3n) is 5.00. The SMILES string of the molecule is O=C(CCNC(=O)c1ccc(Cl)cc1)NCC(c1ccccc1)N1CCCC1. The molecular formula is C22H26ClN3O2. The molecule has 28 heavy (non-hydrogen) atoms. The van der Waals surface area contributed by atoms with Gasteiger partial charge in [-0.1, -0.05) is 41.9 Å². The van der Waals surface area contributed by atoms with E-state index in [0.717, 1.165) is 13.1 Å². The third-order valence-corrected chi connectivity index (χ3v) is 5.25. The van der Waals surface area contributed by atoms with Gasteiger partial charge in [0.25, 0.3) is 5.91 Å². The van der Waals surface area contributed by atoms with E-state index in [-0.39, 0.29) is 24.3 Å². The molecule has 0 aromatic heterocycles. The van der Waals surface area contributed by atoms with Crippen LogP contribution in [-0.4, -0.2) is 42.9 Å². The molecule has 1 aliphatic heterocycles. The van der Waals surface area contributed by atoms with Gasteiger partial charge in [0, 0.05) is 30.1 Å². The molecule has 1 aliphatic rings. The van der Waals surface area contributed by atoms with E-state index in [1.54, 1.807) is 24.3 Å². The average molecular weight is 400 g/mol. The predicted octanol–water partition coefficient (Wildman–Crippen LogP) is 3.41. The number of hydrogen-bond acceptors (Lipinski definition) is 3. The van der Waals surface area contributed by atoms with Crippen molar-refractivity contribution < 1.29 is 9.59 Å². The first-order chi connectivity index (χ1) is 13.6. The summed E-state index contributed by atoms with van der Waals surface area (Å²) in [4.78, 5) is 26.8. The number of rotatable bonds is 8. The maximum Gasteiger partial charge on any atom is 0.251 e. The molecule has 2 amide bonds. The number of benzene rings is 2. The monoisotopic (exact) mass is 399 g/mol. The van der Waals surface area contributed by atoms with Crippen LogP contribution < -0.4 is 10.6 Å². The first-order valence-corrected chi connectivity index (χ1v) is 10.1. The average Bonchev–Trinajstić information content (AvgIpc) is 3.24. The summed E-state index contributed by atoms with van der Waals surface area (Å²) in [6.45, 7) is 3.00. The molecule has 2 aromatic rings. The van der Waals surface area contributed by atoms with Gasteiger partial charge in [0.2, 0.25) is 5.91 Å². The molecule has 6 heteroatoms. The van der Waals surface area contributed by atoms with E-state index in [0.29, 0.717) is 23.7 Å². The Kier molecular flexibility index (Phi) is 7.46. The minimum atomic E-state index is -0.205. The van der Waals surface area contributed by atoms with Crippen molar-refractivity contribution in [3.8, 4) is 0 Å². The van der Waals surface area contributed by atoms with Gasteiger partial charge in [-0.25, -0.2) is 0 Å². The number of amides is 2. The van der Waals surface area contributed by atoms with Crippen LogP contribution >= 0.6 is 11.6 Å². The van der Waals surface area contributed by atoms with Crippen molar-refractivity contribution in [2.45, 2.75) is 25.3 Å². The zero-order chi connectivity index (χ0) is 19.8. The molecule has 0 aliphatic carbocycles. The van der Waals surface area contributed by atoms with Crippen LogP contribution in [0.5, 0.6) is 0 Å². The maximum atomic E-state index is 12.3. The number of likely N-dealkylation sites (tertiary alicyclic amines) is 1. The zero-order valence-electron chi connectivity index (χ0n) is 15.9. The van der Waals surface area contributed by atoms with Crippen LogP contribution in [0.1, 0.15) is 41.2 Å². The van der Waals surface area contributed by atoms with E-state index in [1.807, 2.05) is 18.2 Å². The molecule has 0 bridgehead atoms. The van der Waals surface area contributed by atoms with Crippen LogP contribution in [0, 0.1) is 0 Å². The molecule has 1 saturated heterocycles. The van der Waals surface area contributed by atoms with Gasteiger partial charge in [0.1, 0.15) is 0 Å². The van der Waals surface area contributed by atoms with Crippen molar-refractivity contribution in [3.63, 3.8) is 0 Å². The van der Waals surface area contributed by atoms with E-state index in [2.05, 4.69) is 27.7 Å². The van der Waals surface area contributed by atoms with Gasteiger partial charge in [0.15, 0.2) is 0 Å². The van der Waals surface area contributed by atoms with Crippen LogP contribution in [0.25, 0.3) is 0 Å². The highest BCUT2D eigenvalue weighted by Gasteiger charge is 2.23. The smallest absolute Gasteiger partial charge is 0.251 e. The van der Waals surface area contributed by atoms with Gasteiger partial charge in [-0.15, -0.1) is 0 Å². The van der Waals surface area contributed by atoms with Gasteiger partial charge in [-0.3, -0.25) is 14.5 Å². The topological polar surface area (TPSA) is 61.4 Å². The Balaban J connectivity index is 1.45. The summed E-state index contributed by atoms with van der Waals surface area (Å²) in [5.74, 6) is -0.264. The van der Waals surface area contributed by atoms with Crippen molar-refractivity contribution in [1.82, 2.24) is 15.5 Å². The summed E-state index contributed by atoms with van der Waals surface area (Å²) in [6, 6.07) is 17.2. The maximum absolute atomic E-state index is 12.3. The van der Waals surface area contributed by atoms with Crippen molar-refractivity contribution in [2.24, 2.45) is 0 Å². The predicted molar refractivity (Wildman–Crippen MR) is 111 cm³/mol. The van der Waals surface area contributed by atoms with Gasteiger partial charge in [0.05, 0.1) is 6.04 Å². The second kappa shape index (κ2) is 10.2. The number of carbonyl (C=O) groups excluding carboxylic acids is 2. The Morgan fingerprint density at radius 3 is 2.32 bits per heavy atom. The molecule has 2 aromatic carbocycles. The van der Waals surface area contributed by atoms with Crippen LogP contribution in [0.3, 0.4) is 0 Å². The molecule has 1 unspecified atom stereocenters. The van der Waals surface area contributed by atoms with Crippen LogP contribution in [0.4, 0.5) is 0 Å². The number of nitrogens with zero attached hydrogens (tertiary/aromatic N) is 1. The molecule has 0 spiro atoms. The number of carbonyl (C=O) groups is 2. The quantitative estimate of drug-likeness (QED) is 0.715. The number of halogens is 1. The fourth-order valence-electron chi connectivity index (χ4n) is 3.48. The minimum Gasteiger partial charge on any atom is -0.354 e. The Morgan fingerprint density at radius 1 is 0.964 bits per heavy atom. The fraction of sp³-hybridized carbons (Fsp3) is 0.364. The molecule has 148 valence electrons. The molecule has 0 saturated carbocycles. The van der Waals surface area contributed by atoms with Crippen LogP contribution in [0.15, 0.2) is 54.6 Å². The van der Waals surface area contributed by atoms with E-state index < -0.39 is 0 Å². The summed E-state index contributed by atoms with van der Waals surface area (Å²) in [5.41, 5.74) is 1.75. The van der Waals surface area contributed by atoms with E-state index >= 15 is 0 Å². The van der Waals surface area contributed by atoms with Crippen LogP contribution in [0.2, 0.25) is 5.02 Å². The Hall–Kier alpha value is -2.37. The second-order valence-electron chi connectivity index (χ2n) is 6.99. The zero-order valence-corrected chi connectivity index (χ0v) is 16.6. The van der Waals surface area contributed by atoms with Crippen molar-refractivity contribution in [2.75, 3.05) is 26.2 Å². The van der Waals surface area contributed by atoms with E-state index in [4.69, 9.17) is 11.6 Å². The molecule has 5 nitrogen and oxygen atoms in total. The summed E-state index contributed by atoms with van der Waals surface area (Å²) in [7, 11) is 0. The van der Waals surface area contributed by atoms with Crippen LogP contribution in [-0.2, 0) is 4.79 Å². The molecule has 3 rings (SSSR count). The Labute approximate surface area is 171 Å². The van der Waals surface area contributed by atoms with Crippen molar-refractivity contribution in [1.29, 1.82) is 0 Å². The first kappa shape index (κ1) is 20.4. The van der Waals surface area contributed by atoms with E-state index in [1.165, 1.54) is 18.4 Å². The Morgan fingerprint density at radius 2 is 1.64 bits per heavy atom. The summed E-state index contributed by atoms with van der Waals surface area (Å²) in [6.07, 6.45) is 2.66. The summed E-state index contributed by atoms with van der Waals surface area (Å²) in [5, 5.41) is 6.39. The number of hydrogen-bond donors (Lipinski definition) is 2. The first-order valence-electron chi connectivity index (χ1n) is 9.73. The molecule has 1 heterocycles. The highest BCUT2D eigenvalue weighted by atomic mass is 35.5.